The van der Waals surface area contributed by atoms with E-state index in [0.29, 0.717) is 12.3 Å². The minimum absolute atomic E-state index is 0.0334. The fourth-order valence-corrected chi connectivity index (χ4v) is 3.07. The molecular formula is C20H27N3O2. The molecule has 0 bridgehead atoms. The Labute approximate surface area is 149 Å². The molecule has 1 heterocycles. The molecule has 2 aromatic rings. The summed E-state index contributed by atoms with van der Waals surface area (Å²) < 4.78 is 5.29. The van der Waals surface area contributed by atoms with Crippen LogP contribution in [0.1, 0.15) is 50.1 Å². The van der Waals surface area contributed by atoms with Crippen LogP contribution in [0.5, 0.6) is 0 Å². The zero-order valence-corrected chi connectivity index (χ0v) is 15.9. The first-order chi connectivity index (χ1) is 11.7. The van der Waals surface area contributed by atoms with E-state index in [4.69, 9.17) is 9.93 Å². The van der Waals surface area contributed by atoms with Gasteiger partial charge in [0.25, 0.3) is 0 Å². The minimum Gasteiger partial charge on any atom is -0.361 e. The van der Waals surface area contributed by atoms with Gasteiger partial charge in [0.2, 0.25) is 5.91 Å². The van der Waals surface area contributed by atoms with Crippen molar-refractivity contribution in [3.05, 3.63) is 41.3 Å². The van der Waals surface area contributed by atoms with Gasteiger partial charge in [-0.25, -0.2) is 0 Å². The lowest BCUT2D eigenvalue weighted by atomic mass is 9.84. The number of aromatic nitrogens is 1. The standard InChI is InChI=1S/C20H27N3O2/c1-12(2)18(11-19(24)23(6)15(5)21)16-8-7-9-17(10-16)20-13(3)22-25-14(20)4/h7-10,12,18,21H,11H2,1-6H3. The summed E-state index contributed by atoms with van der Waals surface area (Å²) >= 11 is 0. The lowest BCUT2D eigenvalue weighted by Crippen LogP contribution is -2.32. The molecule has 0 spiro atoms. The van der Waals surface area contributed by atoms with Crippen LogP contribution in [-0.2, 0) is 4.79 Å². The molecule has 1 N–H and O–H groups in total. The lowest BCUT2D eigenvalue weighted by Gasteiger charge is -2.24. The first-order valence-corrected chi connectivity index (χ1v) is 8.57. The molecule has 0 fully saturated rings. The highest BCUT2D eigenvalue weighted by Gasteiger charge is 2.23. The van der Waals surface area contributed by atoms with Crippen molar-refractivity contribution >= 4 is 11.7 Å². The molecule has 0 aliphatic rings. The van der Waals surface area contributed by atoms with E-state index in [1.165, 1.54) is 4.90 Å². The fourth-order valence-electron chi connectivity index (χ4n) is 3.07. The normalized spacial score (nSPS) is 12.3. The summed E-state index contributed by atoms with van der Waals surface area (Å²) in [4.78, 5) is 13.9. The van der Waals surface area contributed by atoms with E-state index < -0.39 is 0 Å². The lowest BCUT2D eigenvalue weighted by molar-refractivity contribution is -0.127. The van der Waals surface area contributed by atoms with Crippen LogP contribution in [0.15, 0.2) is 28.8 Å². The summed E-state index contributed by atoms with van der Waals surface area (Å²) in [6.45, 7) is 9.72. The molecule has 0 saturated heterocycles. The van der Waals surface area contributed by atoms with Crippen molar-refractivity contribution in [2.75, 3.05) is 7.05 Å². The molecule has 0 aliphatic carbocycles. The van der Waals surface area contributed by atoms with Crippen LogP contribution in [0.2, 0.25) is 0 Å². The Morgan fingerprint density at radius 3 is 2.52 bits per heavy atom. The van der Waals surface area contributed by atoms with Crippen LogP contribution in [0.4, 0.5) is 0 Å². The van der Waals surface area contributed by atoms with E-state index in [2.05, 4.69) is 31.1 Å². The maximum absolute atomic E-state index is 12.5. The molecule has 5 nitrogen and oxygen atoms in total. The predicted octanol–water partition coefficient (Wildman–Crippen LogP) is 4.54. The highest BCUT2D eigenvalue weighted by atomic mass is 16.5. The number of amidine groups is 1. The maximum atomic E-state index is 12.5. The Kier molecular flexibility index (Phi) is 5.77. The zero-order chi connectivity index (χ0) is 18.7. The van der Waals surface area contributed by atoms with Gasteiger partial charge in [0, 0.05) is 19.0 Å². The predicted molar refractivity (Wildman–Crippen MR) is 99.8 cm³/mol. The van der Waals surface area contributed by atoms with Gasteiger partial charge >= 0.3 is 0 Å². The molecular weight excluding hydrogens is 314 g/mol. The number of rotatable bonds is 5. The molecule has 0 aliphatic heterocycles. The fraction of sp³-hybridized carbons (Fsp3) is 0.450. The molecule has 1 aromatic carbocycles. The molecule has 1 aromatic heterocycles. The summed E-state index contributed by atoms with van der Waals surface area (Å²) in [5.74, 6) is 1.43. The number of hydrogen-bond acceptors (Lipinski definition) is 4. The highest BCUT2D eigenvalue weighted by molar-refractivity contribution is 5.95. The summed E-state index contributed by atoms with van der Waals surface area (Å²) in [5, 5.41) is 11.7. The largest absolute Gasteiger partial charge is 0.361 e. The van der Waals surface area contributed by atoms with Crippen molar-refractivity contribution in [2.24, 2.45) is 5.92 Å². The monoisotopic (exact) mass is 341 g/mol. The van der Waals surface area contributed by atoms with Gasteiger partial charge in [0.1, 0.15) is 5.76 Å². The minimum atomic E-state index is -0.0334. The third kappa shape index (κ3) is 4.16. The average Bonchev–Trinajstić information content (AvgIpc) is 2.90. The third-order valence-corrected chi connectivity index (χ3v) is 4.71. The van der Waals surface area contributed by atoms with E-state index in [0.717, 1.165) is 28.1 Å². The summed E-state index contributed by atoms with van der Waals surface area (Å²) in [6, 6.07) is 8.25. The number of carbonyl (C=O) groups excluding carboxylic acids is 1. The summed E-state index contributed by atoms with van der Waals surface area (Å²) in [5.41, 5.74) is 4.06. The Hall–Kier alpha value is -2.43. The second-order valence-corrected chi connectivity index (χ2v) is 6.92. The van der Waals surface area contributed by atoms with Gasteiger partial charge in [0.15, 0.2) is 0 Å². The van der Waals surface area contributed by atoms with Crippen LogP contribution < -0.4 is 0 Å². The second kappa shape index (κ2) is 7.64. The maximum Gasteiger partial charge on any atom is 0.228 e. The van der Waals surface area contributed by atoms with Crippen LogP contribution in [0.3, 0.4) is 0 Å². The quantitative estimate of drug-likeness (QED) is 0.641. The molecule has 134 valence electrons. The number of aryl methyl sites for hydroxylation is 2. The number of nitrogens with zero attached hydrogens (tertiary/aromatic N) is 2. The number of benzene rings is 1. The number of hydrogen-bond donors (Lipinski definition) is 1. The van der Waals surface area contributed by atoms with Crippen molar-refractivity contribution < 1.29 is 9.32 Å². The average molecular weight is 341 g/mol. The van der Waals surface area contributed by atoms with Crippen molar-refractivity contribution in [1.82, 2.24) is 10.1 Å². The van der Waals surface area contributed by atoms with E-state index in [1.807, 2.05) is 26.0 Å². The zero-order valence-electron chi connectivity index (χ0n) is 15.9. The van der Waals surface area contributed by atoms with Gasteiger partial charge in [-0.2, -0.15) is 0 Å². The van der Waals surface area contributed by atoms with Crippen LogP contribution in [0, 0.1) is 25.2 Å². The van der Waals surface area contributed by atoms with Crippen LogP contribution in [-0.4, -0.2) is 28.8 Å². The number of amides is 1. The second-order valence-electron chi connectivity index (χ2n) is 6.92. The SMILES string of the molecule is CC(=N)N(C)C(=O)CC(c1cccc(-c2c(C)noc2C)c1)C(C)C. The molecule has 1 unspecified atom stereocenters. The smallest absolute Gasteiger partial charge is 0.228 e. The molecule has 0 radical (unpaired) electrons. The number of nitrogens with one attached hydrogen (secondary N) is 1. The van der Waals surface area contributed by atoms with Gasteiger partial charge in [-0.05, 0) is 43.7 Å². The highest BCUT2D eigenvalue weighted by Crippen LogP contribution is 2.33. The first-order valence-electron chi connectivity index (χ1n) is 8.57. The summed E-state index contributed by atoms with van der Waals surface area (Å²) in [6.07, 6.45) is 0.384. The van der Waals surface area contributed by atoms with E-state index in [1.54, 1.807) is 14.0 Å². The van der Waals surface area contributed by atoms with Crippen molar-refractivity contribution in [3.8, 4) is 11.1 Å². The molecule has 25 heavy (non-hydrogen) atoms. The van der Waals surface area contributed by atoms with E-state index in [9.17, 15) is 4.79 Å². The Morgan fingerprint density at radius 2 is 2.00 bits per heavy atom. The van der Waals surface area contributed by atoms with E-state index >= 15 is 0 Å². The molecule has 5 heteroatoms. The molecule has 2 rings (SSSR count). The van der Waals surface area contributed by atoms with Crippen LogP contribution >= 0.6 is 0 Å². The first kappa shape index (κ1) is 18.9. The Balaban J connectivity index is 2.35. The van der Waals surface area contributed by atoms with E-state index in [-0.39, 0.29) is 17.7 Å². The molecule has 1 amide bonds. The number of carbonyl (C=O) groups is 1. The van der Waals surface area contributed by atoms with Gasteiger partial charge in [0.05, 0.1) is 11.5 Å². The van der Waals surface area contributed by atoms with Gasteiger partial charge in [-0.15, -0.1) is 0 Å². The Morgan fingerprint density at radius 1 is 1.32 bits per heavy atom. The van der Waals surface area contributed by atoms with Crippen molar-refractivity contribution in [1.29, 1.82) is 5.41 Å². The van der Waals surface area contributed by atoms with Gasteiger partial charge in [-0.1, -0.05) is 43.3 Å². The molecule has 0 saturated carbocycles. The van der Waals surface area contributed by atoms with Crippen LogP contribution in [0.25, 0.3) is 11.1 Å². The molecule has 1 atom stereocenters. The topological polar surface area (TPSA) is 70.2 Å². The van der Waals surface area contributed by atoms with Crippen molar-refractivity contribution in [3.63, 3.8) is 0 Å². The Bertz CT molecular complexity index is 757. The summed E-state index contributed by atoms with van der Waals surface area (Å²) in [7, 11) is 1.66. The van der Waals surface area contributed by atoms with Gasteiger partial charge in [-0.3, -0.25) is 10.2 Å². The van der Waals surface area contributed by atoms with Gasteiger partial charge < -0.3 is 9.42 Å². The van der Waals surface area contributed by atoms with Crippen molar-refractivity contribution in [2.45, 2.75) is 47.0 Å². The third-order valence-electron chi connectivity index (χ3n) is 4.71.